The molecular weight excluding hydrogens is 459 g/mol. The van der Waals surface area contributed by atoms with Crippen molar-refractivity contribution in [3.63, 3.8) is 0 Å². The highest BCUT2D eigenvalue weighted by atomic mass is 35.5. The highest BCUT2D eigenvalue weighted by Gasteiger charge is 2.30. The van der Waals surface area contributed by atoms with Crippen LogP contribution in [0, 0.1) is 6.92 Å². The number of carbonyl (C=O) groups is 2. The summed E-state index contributed by atoms with van der Waals surface area (Å²) in [7, 11) is 0. The lowest BCUT2D eigenvalue weighted by atomic mass is 9.95. The Balaban J connectivity index is 1.77. The van der Waals surface area contributed by atoms with E-state index in [-0.39, 0.29) is 31.0 Å². The van der Waals surface area contributed by atoms with E-state index in [1.807, 2.05) is 44.2 Å². The lowest BCUT2D eigenvalue weighted by Gasteiger charge is -2.32. The van der Waals surface area contributed by atoms with Crippen molar-refractivity contribution in [1.29, 1.82) is 0 Å². The van der Waals surface area contributed by atoms with Gasteiger partial charge in [0.1, 0.15) is 11.8 Å². The third-order valence-electron chi connectivity index (χ3n) is 6.03. The molecule has 1 fully saturated rings. The molecule has 1 aliphatic carbocycles. The second kappa shape index (κ2) is 12.3. The quantitative estimate of drug-likeness (QED) is 0.473. The minimum absolute atomic E-state index is 0.117. The monoisotopic (exact) mass is 490 g/mol. The van der Waals surface area contributed by atoms with Crippen molar-refractivity contribution < 1.29 is 14.3 Å². The van der Waals surface area contributed by atoms with Crippen molar-refractivity contribution in [2.75, 3.05) is 6.61 Å². The van der Waals surface area contributed by atoms with Gasteiger partial charge in [-0.3, -0.25) is 9.59 Å². The van der Waals surface area contributed by atoms with Crippen LogP contribution in [-0.2, 0) is 16.1 Å². The van der Waals surface area contributed by atoms with Gasteiger partial charge < -0.3 is 15.0 Å². The highest BCUT2D eigenvalue weighted by molar-refractivity contribution is 6.42. The van der Waals surface area contributed by atoms with Crippen molar-refractivity contribution in [2.45, 2.75) is 71.0 Å². The van der Waals surface area contributed by atoms with E-state index in [0.29, 0.717) is 22.2 Å². The molecule has 1 aliphatic rings. The number of benzene rings is 2. The van der Waals surface area contributed by atoms with Crippen molar-refractivity contribution in [2.24, 2.45) is 0 Å². The molecule has 0 aliphatic heterocycles. The van der Waals surface area contributed by atoms with Crippen LogP contribution in [0.5, 0.6) is 5.75 Å². The molecule has 2 amide bonds. The zero-order valence-electron chi connectivity index (χ0n) is 19.3. The van der Waals surface area contributed by atoms with Gasteiger partial charge in [0.05, 0.1) is 10.0 Å². The van der Waals surface area contributed by atoms with Crippen LogP contribution in [-0.4, -0.2) is 35.4 Å². The number of carbonyl (C=O) groups excluding carboxylic acids is 2. The number of halogens is 2. The molecule has 2 aromatic rings. The Morgan fingerprint density at radius 2 is 1.85 bits per heavy atom. The smallest absolute Gasteiger partial charge is 0.261 e. The van der Waals surface area contributed by atoms with Gasteiger partial charge in [0.2, 0.25) is 5.91 Å². The zero-order chi connectivity index (χ0) is 23.8. The lowest BCUT2D eigenvalue weighted by molar-refractivity contribution is -0.143. The highest BCUT2D eigenvalue weighted by Crippen LogP contribution is 2.25. The molecule has 0 heterocycles. The van der Waals surface area contributed by atoms with Crippen LogP contribution in [0.4, 0.5) is 0 Å². The minimum atomic E-state index is -0.602. The Hall–Kier alpha value is -2.24. The maximum absolute atomic E-state index is 13.3. The fourth-order valence-electron chi connectivity index (χ4n) is 4.23. The van der Waals surface area contributed by atoms with Crippen LogP contribution in [0.3, 0.4) is 0 Å². The largest absolute Gasteiger partial charge is 0.484 e. The van der Waals surface area contributed by atoms with Gasteiger partial charge in [-0.15, -0.1) is 0 Å². The maximum atomic E-state index is 13.3. The standard InChI is InChI=1S/C26H32Cl2N2O3/c1-3-24(26(32)29-20-9-5-4-6-10-20)30(16-19-12-13-22(27)23(28)15-19)25(31)17-33-21-11-7-8-18(2)14-21/h7-8,11-15,20,24H,3-6,9-10,16-17H2,1-2H3,(H,29,32)/t24-/m0/s1. The molecule has 0 radical (unpaired) electrons. The number of amides is 2. The Kier molecular flexibility index (Phi) is 9.45. The normalized spacial score (nSPS) is 15.0. The average Bonchev–Trinajstić information content (AvgIpc) is 2.80. The molecule has 1 N–H and O–H groups in total. The Bertz CT molecular complexity index is 960. The Morgan fingerprint density at radius 3 is 2.52 bits per heavy atom. The fourth-order valence-corrected chi connectivity index (χ4v) is 4.55. The summed E-state index contributed by atoms with van der Waals surface area (Å²) in [5.41, 5.74) is 1.85. The van der Waals surface area contributed by atoms with E-state index in [2.05, 4.69) is 5.32 Å². The third-order valence-corrected chi connectivity index (χ3v) is 6.77. The molecule has 0 spiro atoms. The second-order valence-electron chi connectivity index (χ2n) is 8.64. The Morgan fingerprint density at radius 1 is 1.09 bits per heavy atom. The van der Waals surface area contributed by atoms with Gasteiger partial charge in [0.15, 0.2) is 6.61 Å². The summed E-state index contributed by atoms with van der Waals surface area (Å²) in [5.74, 6) is 0.249. The average molecular weight is 491 g/mol. The number of hydrogen-bond acceptors (Lipinski definition) is 3. The van der Waals surface area contributed by atoms with Crippen LogP contribution in [0.2, 0.25) is 10.0 Å². The first-order valence-corrected chi connectivity index (χ1v) is 12.4. The molecule has 3 rings (SSSR count). The summed E-state index contributed by atoms with van der Waals surface area (Å²) >= 11 is 12.3. The predicted octanol–water partition coefficient (Wildman–Crippen LogP) is 5.94. The number of rotatable bonds is 9. The molecule has 1 saturated carbocycles. The topological polar surface area (TPSA) is 58.6 Å². The first-order chi connectivity index (χ1) is 15.9. The first-order valence-electron chi connectivity index (χ1n) is 11.6. The van der Waals surface area contributed by atoms with E-state index in [1.54, 1.807) is 17.0 Å². The first kappa shape index (κ1) is 25.4. The maximum Gasteiger partial charge on any atom is 0.261 e. The van der Waals surface area contributed by atoms with E-state index in [4.69, 9.17) is 27.9 Å². The molecule has 1 atom stereocenters. The van der Waals surface area contributed by atoms with Gasteiger partial charge >= 0.3 is 0 Å². The van der Waals surface area contributed by atoms with Gasteiger partial charge in [-0.25, -0.2) is 0 Å². The van der Waals surface area contributed by atoms with Gasteiger partial charge in [-0.05, 0) is 61.6 Å². The number of hydrogen-bond donors (Lipinski definition) is 1. The number of aryl methyl sites for hydroxylation is 1. The molecule has 0 unspecified atom stereocenters. The van der Waals surface area contributed by atoms with E-state index in [1.165, 1.54) is 6.42 Å². The number of nitrogens with zero attached hydrogens (tertiary/aromatic N) is 1. The summed E-state index contributed by atoms with van der Waals surface area (Å²) in [6.45, 7) is 3.97. The summed E-state index contributed by atoms with van der Waals surface area (Å²) < 4.78 is 5.76. The number of nitrogens with one attached hydrogen (secondary N) is 1. The molecule has 33 heavy (non-hydrogen) atoms. The molecule has 0 aromatic heterocycles. The Labute approximate surface area is 206 Å². The third kappa shape index (κ3) is 7.38. The number of ether oxygens (including phenoxy) is 1. The zero-order valence-corrected chi connectivity index (χ0v) is 20.8. The molecule has 2 aromatic carbocycles. The van der Waals surface area contributed by atoms with Crippen LogP contribution >= 0.6 is 23.2 Å². The van der Waals surface area contributed by atoms with Gasteiger partial charge in [0.25, 0.3) is 5.91 Å². The summed E-state index contributed by atoms with van der Waals surface area (Å²) in [5, 5.41) is 4.03. The minimum Gasteiger partial charge on any atom is -0.484 e. The lowest BCUT2D eigenvalue weighted by Crippen LogP contribution is -2.52. The summed E-state index contributed by atoms with van der Waals surface area (Å²) in [4.78, 5) is 28.1. The van der Waals surface area contributed by atoms with E-state index < -0.39 is 6.04 Å². The molecule has 0 saturated heterocycles. The van der Waals surface area contributed by atoms with Crippen molar-refractivity contribution >= 4 is 35.0 Å². The van der Waals surface area contributed by atoms with Crippen LogP contribution in [0.25, 0.3) is 0 Å². The van der Waals surface area contributed by atoms with Gasteiger partial charge in [0, 0.05) is 12.6 Å². The summed E-state index contributed by atoms with van der Waals surface area (Å²) in [6.07, 6.45) is 5.92. The van der Waals surface area contributed by atoms with Gasteiger partial charge in [-0.1, -0.05) is 67.6 Å². The van der Waals surface area contributed by atoms with E-state index in [0.717, 1.165) is 36.8 Å². The van der Waals surface area contributed by atoms with Crippen LogP contribution in [0.15, 0.2) is 42.5 Å². The van der Waals surface area contributed by atoms with Crippen LogP contribution in [0.1, 0.15) is 56.6 Å². The van der Waals surface area contributed by atoms with Crippen molar-refractivity contribution in [1.82, 2.24) is 10.2 Å². The van der Waals surface area contributed by atoms with Crippen molar-refractivity contribution in [3.05, 3.63) is 63.6 Å². The SMILES string of the molecule is CC[C@@H](C(=O)NC1CCCCC1)N(Cc1ccc(Cl)c(Cl)c1)C(=O)COc1cccc(C)c1. The molecule has 178 valence electrons. The van der Waals surface area contributed by atoms with E-state index >= 15 is 0 Å². The van der Waals surface area contributed by atoms with Crippen molar-refractivity contribution in [3.8, 4) is 5.75 Å². The van der Waals surface area contributed by atoms with Gasteiger partial charge in [-0.2, -0.15) is 0 Å². The summed E-state index contributed by atoms with van der Waals surface area (Å²) in [6, 6.07) is 12.4. The molecular formula is C26H32Cl2N2O3. The molecule has 7 heteroatoms. The second-order valence-corrected chi connectivity index (χ2v) is 9.46. The van der Waals surface area contributed by atoms with Crippen LogP contribution < -0.4 is 10.1 Å². The fraction of sp³-hybridized carbons (Fsp3) is 0.462. The van der Waals surface area contributed by atoms with E-state index in [9.17, 15) is 9.59 Å². The molecule has 0 bridgehead atoms. The molecule has 5 nitrogen and oxygen atoms in total. The predicted molar refractivity (Wildman–Crippen MR) is 133 cm³/mol.